The van der Waals surface area contributed by atoms with E-state index in [1.165, 1.54) is 25.9 Å². The zero-order valence-electron chi connectivity index (χ0n) is 11.1. The number of rotatable bonds is 4. The van der Waals surface area contributed by atoms with Gasteiger partial charge in [0.05, 0.1) is 11.4 Å². The number of pyridine rings is 1. The van der Waals surface area contributed by atoms with Gasteiger partial charge in [0.15, 0.2) is 0 Å². The fourth-order valence-electron chi connectivity index (χ4n) is 2.70. The van der Waals surface area contributed by atoms with Crippen LogP contribution in [0.2, 0.25) is 0 Å². The first-order chi connectivity index (χ1) is 9.34. The minimum atomic E-state index is 0.821. The number of benzene rings is 1. The Bertz CT molecular complexity index is 561. The van der Waals surface area contributed by atoms with Crippen molar-refractivity contribution in [2.75, 3.05) is 37.2 Å². The topological polar surface area (TPSA) is 54.2 Å². The molecule has 2 heterocycles. The third-order valence-electron chi connectivity index (χ3n) is 3.80. The molecule has 1 aromatic heterocycles. The van der Waals surface area contributed by atoms with Crippen molar-refractivity contribution >= 4 is 22.1 Å². The van der Waals surface area contributed by atoms with E-state index in [0.717, 1.165) is 35.2 Å². The van der Waals surface area contributed by atoms with Crippen molar-refractivity contribution in [1.82, 2.24) is 9.88 Å². The molecule has 2 aromatic rings. The number of hydrogen-bond donors (Lipinski definition) is 2. The third-order valence-corrected chi connectivity index (χ3v) is 3.80. The van der Waals surface area contributed by atoms with Crippen LogP contribution in [0.25, 0.3) is 10.8 Å². The Balaban J connectivity index is 1.68. The molecule has 0 radical (unpaired) electrons. The maximum Gasteiger partial charge on any atom is 0.0630 e. The van der Waals surface area contributed by atoms with E-state index in [9.17, 15) is 0 Å². The van der Waals surface area contributed by atoms with Gasteiger partial charge in [-0.1, -0.05) is 6.07 Å². The van der Waals surface area contributed by atoms with Gasteiger partial charge in [-0.2, -0.15) is 0 Å². The molecule has 4 nitrogen and oxygen atoms in total. The Morgan fingerprint density at radius 3 is 2.89 bits per heavy atom. The molecule has 100 valence electrons. The van der Waals surface area contributed by atoms with Crippen LogP contribution in [0.4, 0.5) is 11.4 Å². The average molecular weight is 256 g/mol. The Hall–Kier alpha value is -1.81. The first-order valence-electron chi connectivity index (χ1n) is 6.93. The SMILES string of the molecule is Nc1c(NCCN2CCCC2)ccc2cnccc12. The van der Waals surface area contributed by atoms with E-state index in [2.05, 4.69) is 21.3 Å². The van der Waals surface area contributed by atoms with Gasteiger partial charge in [-0.15, -0.1) is 0 Å². The van der Waals surface area contributed by atoms with Crippen molar-refractivity contribution in [3.8, 4) is 0 Å². The van der Waals surface area contributed by atoms with E-state index in [4.69, 9.17) is 5.73 Å². The predicted molar refractivity (Wildman–Crippen MR) is 80.3 cm³/mol. The van der Waals surface area contributed by atoms with Gasteiger partial charge in [0.25, 0.3) is 0 Å². The number of anilines is 2. The molecule has 1 aromatic carbocycles. The van der Waals surface area contributed by atoms with Crippen LogP contribution in [0, 0.1) is 0 Å². The summed E-state index contributed by atoms with van der Waals surface area (Å²) in [6, 6.07) is 6.08. The van der Waals surface area contributed by atoms with Crippen LogP contribution in [0.15, 0.2) is 30.6 Å². The number of nitrogens with zero attached hydrogens (tertiary/aromatic N) is 2. The van der Waals surface area contributed by atoms with Crippen molar-refractivity contribution < 1.29 is 0 Å². The zero-order chi connectivity index (χ0) is 13.1. The van der Waals surface area contributed by atoms with Gasteiger partial charge in [-0.05, 0) is 38.1 Å². The van der Waals surface area contributed by atoms with Gasteiger partial charge < -0.3 is 16.0 Å². The molecule has 1 fully saturated rings. The molecule has 4 heteroatoms. The Morgan fingerprint density at radius 2 is 2.05 bits per heavy atom. The van der Waals surface area contributed by atoms with Gasteiger partial charge in [-0.25, -0.2) is 0 Å². The number of nitrogens with one attached hydrogen (secondary N) is 1. The molecule has 0 spiro atoms. The molecular formula is C15H20N4. The smallest absolute Gasteiger partial charge is 0.0630 e. The number of aromatic nitrogens is 1. The highest BCUT2D eigenvalue weighted by Crippen LogP contribution is 2.27. The van der Waals surface area contributed by atoms with Crippen molar-refractivity contribution in [2.45, 2.75) is 12.8 Å². The van der Waals surface area contributed by atoms with Gasteiger partial charge in [-0.3, -0.25) is 4.98 Å². The maximum atomic E-state index is 6.21. The minimum absolute atomic E-state index is 0.821. The van der Waals surface area contributed by atoms with Crippen LogP contribution in [-0.2, 0) is 0 Å². The van der Waals surface area contributed by atoms with Crippen LogP contribution < -0.4 is 11.1 Å². The second-order valence-corrected chi connectivity index (χ2v) is 5.10. The van der Waals surface area contributed by atoms with Gasteiger partial charge in [0, 0.05) is 36.3 Å². The summed E-state index contributed by atoms with van der Waals surface area (Å²) >= 11 is 0. The molecule has 0 unspecified atom stereocenters. The quantitative estimate of drug-likeness (QED) is 0.824. The fourth-order valence-corrected chi connectivity index (χ4v) is 2.70. The second kappa shape index (κ2) is 5.45. The molecule has 0 aliphatic carbocycles. The molecule has 0 amide bonds. The van der Waals surface area contributed by atoms with E-state index in [1.807, 2.05) is 18.3 Å². The highest BCUT2D eigenvalue weighted by atomic mass is 15.1. The largest absolute Gasteiger partial charge is 0.397 e. The minimum Gasteiger partial charge on any atom is -0.397 e. The molecule has 0 saturated carbocycles. The van der Waals surface area contributed by atoms with Crippen molar-refractivity contribution in [3.05, 3.63) is 30.6 Å². The molecule has 19 heavy (non-hydrogen) atoms. The second-order valence-electron chi connectivity index (χ2n) is 5.10. The van der Waals surface area contributed by atoms with Crippen molar-refractivity contribution in [2.24, 2.45) is 0 Å². The van der Waals surface area contributed by atoms with Crippen LogP contribution in [0.3, 0.4) is 0 Å². The summed E-state index contributed by atoms with van der Waals surface area (Å²) in [5, 5.41) is 5.60. The van der Waals surface area contributed by atoms with Crippen molar-refractivity contribution in [3.63, 3.8) is 0 Å². The first-order valence-corrected chi connectivity index (χ1v) is 6.93. The number of hydrogen-bond acceptors (Lipinski definition) is 4. The summed E-state index contributed by atoms with van der Waals surface area (Å²) in [6.45, 7) is 4.51. The Kier molecular flexibility index (Phi) is 3.51. The lowest BCUT2D eigenvalue weighted by molar-refractivity contribution is 0.353. The summed E-state index contributed by atoms with van der Waals surface area (Å²) in [7, 11) is 0. The zero-order valence-corrected chi connectivity index (χ0v) is 11.1. The molecule has 1 aliphatic rings. The molecule has 1 saturated heterocycles. The van der Waals surface area contributed by atoms with E-state index in [-0.39, 0.29) is 0 Å². The van der Waals surface area contributed by atoms with Gasteiger partial charge in [0.1, 0.15) is 0 Å². The Labute approximate surface area is 113 Å². The van der Waals surface area contributed by atoms with E-state index < -0.39 is 0 Å². The third kappa shape index (κ3) is 2.63. The number of fused-ring (bicyclic) bond motifs is 1. The molecular weight excluding hydrogens is 236 g/mol. The lowest BCUT2D eigenvalue weighted by Crippen LogP contribution is -2.26. The molecule has 3 N–H and O–H groups in total. The Morgan fingerprint density at radius 1 is 1.21 bits per heavy atom. The summed E-state index contributed by atoms with van der Waals surface area (Å²) in [6.07, 6.45) is 6.31. The summed E-state index contributed by atoms with van der Waals surface area (Å²) in [5.74, 6) is 0. The van der Waals surface area contributed by atoms with Crippen LogP contribution in [0.5, 0.6) is 0 Å². The highest BCUT2D eigenvalue weighted by molar-refractivity contribution is 5.98. The van der Waals surface area contributed by atoms with Crippen LogP contribution >= 0.6 is 0 Å². The number of nitrogen functional groups attached to an aromatic ring is 1. The normalized spacial score (nSPS) is 16.0. The summed E-state index contributed by atoms with van der Waals surface area (Å²) < 4.78 is 0. The monoisotopic (exact) mass is 256 g/mol. The first kappa shape index (κ1) is 12.2. The molecule has 3 rings (SSSR count). The fraction of sp³-hybridized carbons (Fsp3) is 0.400. The lowest BCUT2D eigenvalue weighted by Gasteiger charge is -2.16. The number of nitrogens with two attached hydrogens (primary N) is 1. The van der Waals surface area contributed by atoms with Crippen LogP contribution in [0.1, 0.15) is 12.8 Å². The van der Waals surface area contributed by atoms with E-state index in [1.54, 1.807) is 6.20 Å². The summed E-state index contributed by atoms with van der Waals surface area (Å²) in [5.41, 5.74) is 8.06. The van der Waals surface area contributed by atoms with Crippen molar-refractivity contribution in [1.29, 1.82) is 0 Å². The lowest BCUT2D eigenvalue weighted by atomic mass is 10.1. The molecule has 0 bridgehead atoms. The van der Waals surface area contributed by atoms with Crippen LogP contribution in [-0.4, -0.2) is 36.1 Å². The predicted octanol–water partition coefficient (Wildman–Crippen LogP) is 2.32. The van der Waals surface area contributed by atoms with Gasteiger partial charge >= 0.3 is 0 Å². The summed E-state index contributed by atoms with van der Waals surface area (Å²) in [4.78, 5) is 6.61. The highest BCUT2D eigenvalue weighted by Gasteiger charge is 2.10. The standard InChI is InChI=1S/C15H20N4/c16-15-13-5-6-17-11-12(13)3-4-14(15)18-7-10-19-8-1-2-9-19/h3-6,11,18H,1-2,7-10,16H2. The van der Waals surface area contributed by atoms with E-state index in [0.29, 0.717) is 0 Å². The average Bonchev–Trinajstić information content (AvgIpc) is 2.95. The molecule has 1 aliphatic heterocycles. The van der Waals surface area contributed by atoms with E-state index >= 15 is 0 Å². The molecule has 0 atom stereocenters. The maximum absolute atomic E-state index is 6.21. The number of likely N-dealkylation sites (tertiary alicyclic amines) is 1. The van der Waals surface area contributed by atoms with Gasteiger partial charge in [0.2, 0.25) is 0 Å².